The molecule has 0 aromatic heterocycles. The summed E-state index contributed by atoms with van der Waals surface area (Å²) in [6.07, 6.45) is 0.797. The van der Waals surface area contributed by atoms with Crippen molar-refractivity contribution in [2.45, 2.75) is 32.9 Å². The number of rotatable bonds is 8. The fraction of sp³-hybridized carbons (Fsp3) is 0.269. The molecule has 0 saturated carbocycles. The van der Waals surface area contributed by atoms with Crippen molar-refractivity contribution in [2.24, 2.45) is 0 Å². The van der Waals surface area contributed by atoms with Crippen molar-refractivity contribution in [3.8, 4) is 0 Å². The number of carbonyl (C=O) groups excluding carboxylic acids is 3. The van der Waals surface area contributed by atoms with Crippen LogP contribution in [0, 0.1) is 0 Å². The summed E-state index contributed by atoms with van der Waals surface area (Å²) in [7, 11) is 0. The van der Waals surface area contributed by atoms with Gasteiger partial charge >= 0.3 is 0 Å². The summed E-state index contributed by atoms with van der Waals surface area (Å²) in [5.41, 5.74) is 2.11. The van der Waals surface area contributed by atoms with Crippen molar-refractivity contribution in [1.29, 1.82) is 0 Å². The van der Waals surface area contributed by atoms with Crippen LogP contribution in [0.4, 0.5) is 5.69 Å². The molecule has 0 radical (unpaired) electrons. The molecule has 0 unspecified atom stereocenters. The second-order valence-corrected chi connectivity index (χ2v) is 8.63. The monoisotopic (exact) mass is 463 g/mol. The predicted octanol–water partition coefficient (Wildman–Crippen LogP) is 4.40. The quantitative estimate of drug-likeness (QED) is 0.538. The van der Waals surface area contributed by atoms with Crippen molar-refractivity contribution >= 4 is 45.8 Å². The van der Waals surface area contributed by atoms with Gasteiger partial charge in [0.1, 0.15) is 12.6 Å². The first kappa shape index (κ1) is 22.8. The highest BCUT2D eigenvalue weighted by atomic mass is 35.5. The highest BCUT2D eigenvalue weighted by molar-refractivity contribution is 6.30. The van der Waals surface area contributed by atoms with Gasteiger partial charge in [-0.05, 0) is 48.6 Å². The van der Waals surface area contributed by atoms with Crippen molar-refractivity contribution in [3.63, 3.8) is 0 Å². The Hall–Kier alpha value is -3.38. The minimum atomic E-state index is -0.709. The number of nitrogens with zero attached hydrogens (tertiary/aromatic N) is 2. The molecule has 3 amide bonds. The molecule has 33 heavy (non-hydrogen) atoms. The average Bonchev–Trinajstić information content (AvgIpc) is 3.08. The van der Waals surface area contributed by atoms with Gasteiger partial charge < -0.3 is 10.2 Å². The molecule has 7 heteroatoms. The molecule has 1 aliphatic heterocycles. The number of nitrogens with one attached hydrogen (secondary N) is 1. The van der Waals surface area contributed by atoms with Gasteiger partial charge in [0.15, 0.2) is 0 Å². The Balaban J connectivity index is 1.62. The van der Waals surface area contributed by atoms with Crippen LogP contribution in [0.3, 0.4) is 0 Å². The lowest BCUT2D eigenvalue weighted by molar-refractivity contribution is -0.139. The maximum absolute atomic E-state index is 13.5. The van der Waals surface area contributed by atoms with Gasteiger partial charge in [-0.2, -0.15) is 0 Å². The Morgan fingerprint density at radius 3 is 2.55 bits per heavy atom. The van der Waals surface area contributed by atoms with Crippen LogP contribution in [0.2, 0.25) is 5.02 Å². The summed E-state index contributed by atoms with van der Waals surface area (Å²) in [4.78, 5) is 42.4. The van der Waals surface area contributed by atoms with Crippen LogP contribution >= 0.6 is 11.6 Å². The van der Waals surface area contributed by atoms with Crippen LogP contribution in [0.1, 0.15) is 36.2 Å². The highest BCUT2D eigenvalue weighted by Crippen LogP contribution is 2.37. The van der Waals surface area contributed by atoms with Gasteiger partial charge in [-0.15, -0.1) is 0 Å². The number of benzene rings is 3. The molecule has 3 aromatic carbocycles. The van der Waals surface area contributed by atoms with E-state index >= 15 is 0 Å². The molecule has 0 bridgehead atoms. The molecule has 1 atom stereocenters. The molecule has 0 spiro atoms. The zero-order valence-electron chi connectivity index (χ0n) is 18.7. The van der Waals surface area contributed by atoms with E-state index in [1.54, 1.807) is 25.1 Å². The third kappa shape index (κ3) is 4.57. The molecule has 1 aliphatic rings. The van der Waals surface area contributed by atoms with E-state index in [0.717, 1.165) is 22.8 Å². The highest BCUT2D eigenvalue weighted by Gasteiger charge is 2.34. The van der Waals surface area contributed by atoms with E-state index in [4.69, 9.17) is 11.6 Å². The van der Waals surface area contributed by atoms with E-state index < -0.39 is 6.04 Å². The summed E-state index contributed by atoms with van der Waals surface area (Å²) in [5.74, 6) is -0.751. The third-order valence-corrected chi connectivity index (χ3v) is 6.14. The van der Waals surface area contributed by atoms with E-state index in [1.807, 2.05) is 49.4 Å². The Labute approximate surface area is 198 Å². The molecule has 0 saturated heterocycles. The van der Waals surface area contributed by atoms with Gasteiger partial charge in [0.05, 0.1) is 5.69 Å². The summed E-state index contributed by atoms with van der Waals surface area (Å²) in [6.45, 7) is 4.26. The van der Waals surface area contributed by atoms with E-state index in [0.29, 0.717) is 22.8 Å². The van der Waals surface area contributed by atoms with E-state index in [9.17, 15) is 14.4 Å². The Kier molecular flexibility index (Phi) is 6.65. The molecule has 6 nitrogen and oxygen atoms in total. The zero-order chi connectivity index (χ0) is 23.5. The van der Waals surface area contributed by atoms with Crippen LogP contribution < -0.4 is 10.2 Å². The number of hydrogen-bond acceptors (Lipinski definition) is 3. The number of hydrogen-bond donors (Lipinski definition) is 1. The minimum Gasteiger partial charge on any atom is -0.354 e. The second-order valence-electron chi connectivity index (χ2n) is 8.19. The fourth-order valence-corrected chi connectivity index (χ4v) is 4.39. The lowest BCUT2D eigenvalue weighted by Gasteiger charge is -2.30. The smallest absolute Gasteiger partial charge is 0.259 e. The maximum atomic E-state index is 13.5. The van der Waals surface area contributed by atoms with E-state index in [2.05, 4.69) is 5.32 Å². The zero-order valence-corrected chi connectivity index (χ0v) is 19.4. The van der Waals surface area contributed by atoms with E-state index in [-0.39, 0.29) is 30.8 Å². The average molecular weight is 464 g/mol. The van der Waals surface area contributed by atoms with Crippen LogP contribution in [0.5, 0.6) is 0 Å². The normalized spacial score (nSPS) is 13.3. The SMILES string of the molecule is CCCNC(=O)[C@H](C)N(Cc1cccc(Cl)c1)C(=O)CN1C(=O)c2cccc3cccc1c23. The molecule has 170 valence electrons. The van der Waals surface area contributed by atoms with Crippen LogP contribution in [-0.2, 0) is 16.1 Å². The van der Waals surface area contributed by atoms with Gasteiger partial charge in [-0.3, -0.25) is 19.3 Å². The summed E-state index contributed by atoms with van der Waals surface area (Å²) >= 11 is 6.14. The topological polar surface area (TPSA) is 69.7 Å². The molecule has 1 N–H and O–H groups in total. The van der Waals surface area contributed by atoms with Crippen molar-refractivity contribution in [3.05, 3.63) is 76.8 Å². The van der Waals surface area contributed by atoms with Gasteiger partial charge in [0, 0.05) is 29.1 Å². The van der Waals surface area contributed by atoms with Crippen molar-refractivity contribution < 1.29 is 14.4 Å². The van der Waals surface area contributed by atoms with Crippen LogP contribution in [-0.4, -0.2) is 41.8 Å². The molecular weight excluding hydrogens is 438 g/mol. The Morgan fingerprint density at radius 1 is 1.09 bits per heavy atom. The second kappa shape index (κ2) is 9.63. The number of anilines is 1. The maximum Gasteiger partial charge on any atom is 0.259 e. The van der Waals surface area contributed by atoms with Gasteiger partial charge in [0.25, 0.3) is 5.91 Å². The lowest BCUT2D eigenvalue weighted by atomic mass is 10.1. The first-order chi connectivity index (χ1) is 15.9. The Morgan fingerprint density at radius 2 is 1.82 bits per heavy atom. The van der Waals surface area contributed by atoms with Gasteiger partial charge in [-0.1, -0.05) is 54.9 Å². The predicted molar refractivity (Wildman–Crippen MR) is 130 cm³/mol. The minimum absolute atomic E-state index is 0.154. The van der Waals surface area contributed by atoms with E-state index in [1.165, 1.54) is 9.80 Å². The molecular formula is C26H26ClN3O3. The summed E-state index contributed by atoms with van der Waals surface area (Å²) in [5, 5.41) is 5.22. The first-order valence-electron chi connectivity index (χ1n) is 11.1. The van der Waals surface area contributed by atoms with Crippen LogP contribution in [0.15, 0.2) is 60.7 Å². The van der Waals surface area contributed by atoms with Crippen molar-refractivity contribution in [1.82, 2.24) is 10.2 Å². The summed E-state index contributed by atoms with van der Waals surface area (Å²) < 4.78 is 0. The van der Waals surface area contributed by atoms with Gasteiger partial charge in [-0.25, -0.2) is 0 Å². The molecule has 1 heterocycles. The van der Waals surface area contributed by atoms with Crippen molar-refractivity contribution in [2.75, 3.05) is 18.0 Å². The fourth-order valence-electron chi connectivity index (χ4n) is 4.17. The van der Waals surface area contributed by atoms with Crippen LogP contribution in [0.25, 0.3) is 10.8 Å². The van der Waals surface area contributed by atoms with Gasteiger partial charge in [0.2, 0.25) is 11.8 Å². The number of carbonyl (C=O) groups is 3. The lowest BCUT2D eigenvalue weighted by Crippen LogP contribution is -2.51. The summed E-state index contributed by atoms with van der Waals surface area (Å²) in [6, 6.07) is 17.7. The molecule has 4 rings (SSSR count). The first-order valence-corrected chi connectivity index (χ1v) is 11.4. The standard InChI is InChI=1S/C26H26ClN3O3/c1-3-13-28-25(32)17(2)29(15-18-7-4-10-20(27)14-18)23(31)16-30-22-12-6-9-19-8-5-11-21(24(19)22)26(30)33/h4-12,14,17H,3,13,15-16H2,1-2H3,(H,28,32)/t17-/m0/s1. The number of amides is 3. The number of halogens is 1. The third-order valence-electron chi connectivity index (χ3n) is 5.90. The Bertz CT molecular complexity index is 1220. The largest absolute Gasteiger partial charge is 0.354 e. The molecule has 0 fully saturated rings. The molecule has 3 aromatic rings. The molecule has 0 aliphatic carbocycles.